The Labute approximate surface area is 101 Å². The second kappa shape index (κ2) is 11.1. The van der Waals surface area contributed by atoms with E-state index in [4.69, 9.17) is 4.74 Å². The number of hydrogen-bond donors (Lipinski definition) is 1. The lowest BCUT2D eigenvalue weighted by Gasteiger charge is -2.27. The van der Waals surface area contributed by atoms with Crippen LogP contribution in [0, 0.1) is 0 Å². The Bertz CT molecular complexity index is 162. The number of nitrogens with zero attached hydrogens (tertiary/aromatic N) is 1. The van der Waals surface area contributed by atoms with Crippen LogP contribution in [0.25, 0.3) is 0 Å². The Morgan fingerprint density at radius 3 is 2.81 bits per heavy atom. The van der Waals surface area contributed by atoms with Gasteiger partial charge < -0.3 is 10.1 Å². The highest BCUT2D eigenvalue weighted by Gasteiger charge is 2.11. The van der Waals surface area contributed by atoms with E-state index in [0.29, 0.717) is 6.04 Å². The average molecular weight is 228 g/mol. The topological polar surface area (TPSA) is 24.5 Å². The smallest absolute Gasteiger partial charge is 0.0589 e. The SMILES string of the molecule is C=CCN(CCOC)C(C)CCCNCC. The van der Waals surface area contributed by atoms with Gasteiger partial charge in [0, 0.05) is 26.2 Å². The maximum absolute atomic E-state index is 5.12. The molecule has 0 amide bonds. The molecular formula is C13H28N2O. The maximum Gasteiger partial charge on any atom is 0.0589 e. The summed E-state index contributed by atoms with van der Waals surface area (Å²) in [5, 5.41) is 3.35. The first-order valence-electron chi connectivity index (χ1n) is 6.30. The molecule has 1 unspecified atom stereocenters. The second-order valence-corrected chi connectivity index (χ2v) is 4.12. The van der Waals surface area contributed by atoms with Crippen LogP contribution in [0.2, 0.25) is 0 Å². The van der Waals surface area contributed by atoms with Crippen molar-refractivity contribution in [3.05, 3.63) is 12.7 Å². The predicted octanol–water partition coefficient (Wildman–Crippen LogP) is 1.90. The highest BCUT2D eigenvalue weighted by molar-refractivity contribution is 4.77. The molecule has 0 radical (unpaired) electrons. The van der Waals surface area contributed by atoms with Crippen LogP contribution < -0.4 is 5.32 Å². The zero-order chi connectivity index (χ0) is 12.2. The van der Waals surface area contributed by atoms with Crippen LogP contribution in [0.3, 0.4) is 0 Å². The minimum atomic E-state index is 0.604. The van der Waals surface area contributed by atoms with Gasteiger partial charge in [0.2, 0.25) is 0 Å². The first kappa shape index (κ1) is 15.6. The quantitative estimate of drug-likeness (QED) is 0.432. The molecule has 0 rings (SSSR count). The third-order valence-electron chi connectivity index (χ3n) is 2.80. The highest BCUT2D eigenvalue weighted by atomic mass is 16.5. The summed E-state index contributed by atoms with van der Waals surface area (Å²) in [5.74, 6) is 0. The van der Waals surface area contributed by atoms with Crippen molar-refractivity contribution in [2.45, 2.75) is 32.7 Å². The normalized spacial score (nSPS) is 13.0. The molecule has 96 valence electrons. The third-order valence-corrected chi connectivity index (χ3v) is 2.80. The minimum Gasteiger partial charge on any atom is -0.383 e. The summed E-state index contributed by atoms with van der Waals surface area (Å²) in [6.07, 6.45) is 4.43. The van der Waals surface area contributed by atoms with E-state index >= 15 is 0 Å². The summed E-state index contributed by atoms with van der Waals surface area (Å²) in [6.45, 7) is 13.2. The molecule has 0 aliphatic carbocycles. The van der Waals surface area contributed by atoms with Gasteiger partial charge in [0.15, 0.2) is 0 Å². The van der Waals surface area contributed by atoms with Gasteiger partial charge >= 0.3 is 0 Å². The number of ether oxygens (including phenoxy) is 1. The lowest BCUT2D eigenvalue weighted by Crippen LogP contribution is -2.36. The van der Waals surface area contributed by atoms with Crippen LogP contribution in [0.15, 0.2) is 12.7 Å². The summed E-state index contributed by atoms with van der Waals surface area (Å²) in [5.41, 5.74) is 0. The Morgan fingerprint density at radius 1 is 1.50 bits per heavy atom. The monoisotopic (exact) mass is 228 g/mol. The molecule has 3 heteroatoms. The van der Waals surface area contributed by atoms with Crippen LogP contribution >= 0.6 is 0 Å². The van der Waals surface area contributed by atoms with Crippen LogP contribution in [0.4, 0.5) is 0 Å². The van der Waals surface area contributed by atoms with Crippen molar-refractivity contribution in [1.29, 1.82) is 0 Å². The molecule has 16 heavy (non-hydrogen) atoms. The number of rotatable bonds is 11. The lowest BCUT2D eigenvalue weighted by atomic mass is 10.1. The Balaban J connectivity index is 3.76. The highest BCUT2D eigenvalue weighted by Crippen LogP contribution is 2.06. The number of nitrogens with one attached hydrogen (secondary N) is 1. The summed E-state index contributed by atoms with van der Waals surface area (Å²) in [7, 11) is 1.75. The van der Waals surface area contributed by atoms with Crippen LogP contribution in [-0.2, 0) is 4.74 Å². The molecule has 0 aromatic heterocycles. The van der Waals surface area contributed by atoms with E-state index in [0.717, 1.165) is 32.8 Å². The molecule has 0 aliphatic heterocycles. The summed E-state index contributed by atoms with van der Waals surface area (Å²) < 4.78 is 5.12. The van der Waals surface area contributed by atoms with Crippen molar-refractivity contribution < 1.29 is 4.74 Å². The largest absolute Gasteiger partial charge is 0.383 e. The first-order chi connectivity index (χ1) is 7.76. The Hall–Kier alpha value is -0.380. The van der Waals surface area contributed by atoms with Crippen molar-refractivity contribution in [3.63, 3.8) is 0 Å². The van der Waals surface area contributed by atoms with E-state index in [9.17, 15) is 0 Å². The summed E-state index contributed by atoms with van der Waals surface area (Å²) in [6, 6.07) is 0.604. The molecule has 0 saturated heterocycles. The van der Waals surface area contributed by atoms with Crippen molar-refractivity contribution in [1.82, 2.24) is 10.2 Å². The molecule has 1 atom stereocenters. The average Bonchev–Trinajstić information content (AvgIpc) is 2.29. The summed E-state index contributed by atoms with van der Waals surface area (Å²) in [4.78, 5) is 2.42. The minimum absolute atomic E-state index is 0.604. The third kappa shape index (κ3) is 7.85. The number of methoxy groups -OCH3 is 1. The van der Waals surface area contributed by atoms with Gasteiger partial charge in [0.25, 0.3) is 0 Å². The van der Waals surface area contributed by atoms with E-state index < -0.39 is 0 Å². The van der Waals surface area contributed by atoms with E-state index in [-0.39, 0.29) is 0 Å². The Morgan fingerprint density at radius 2 is 2.25 bits per heavy atom. The first-order valence-corrected chi connectivity index (χ1v) is 6.30. The van der Waals surface area contributed by atoms with Crippen molar-refractivity contribution in [3.8, 4) is 0 Å². The molecule has 3 nitrogen and oxygen atoms in total. The van der Waals surface area contributed by atoms with Gasteiger partial charge in [0.1, 0.15) is 0 Å². The summed E-state index contributed by atoms with van der Waals surface area (Å²) >= 11 is 0. The van der Waals surface area contributed by atoms with Crippen LogP contribution in [-0.4, -0.2) is 50.8 Å². The fourth-order valence-corrected chi connectivity index (χ4v) is 1.75. The van der Waals surface area contributed by atoms with E-state index in [2.05, 4.69) is 30.6 Å². The van der Waals surface area contributed by atoms with Gasteiger partial charge in [-0.25, -0.2) is 0 Å². The second-order valence-electron chi connectivity index (χ2n) is 4.12. The van der Waals surface area contributed by atoms with Crippen molar-refractivity contribution >= 4 is 0 Å². The van der Waals surface area contributed by atoms with Crippen LogP contribution in [0.1, 0.15) is 26.7 Å². The van der Waals surface area contributed by atoms with E-state index in [1.807, 2.05) is 6.08 Å². The molecule has 0 spiro atoms. The van der Waals surface area contributed by atoms with Gasteiger partial charge in [-0.3, -0.25) is 4.90 Å². The molecule has 1 N–H and O–H groups in total. The Kier molecular flexibility index (Phi) is 10.9. The zero-order valence-corrected chi connectivity index (χ0v) is 11.2. The molecule has 0 bridgehead atoms. The zero-order valence-electron chi connectivity index (χ0n) is 11.2. The van der Waals surface area contributed by atoms with Gasteiger partial charge in [-0.1, -0.05) is 13.0 Å². The predicted molar refractivity (Wildman–Crippen MR) is 70.9 cm³/mol. The fourth-order valence-electron chi connectivity index (χ4n) is 1.75. The van der Waals surface area contributed by atoms with Gasteiger partial charge in [-0.15, -0.1) is 6.58 Å². The molecule has 0 fully saturated rings. The standard InChI is InChI=1S/C13H28N2O/c1-5-10-15(11-12-16-4)13(3)8-7-9-14-6-2/h5,13-14H,1,6-12H2,2-4H3. The molecule has 0 aromatic rings. The molecule has 0 aromatic carbocycles. The van der Waals surface area contributed by atoms with Gasteiger partial charge in [-0.2, -0.15) is 0 Å². The van der Waals surface area contributed by atoms with E-state index in [1.54, 1.807) is 7.11 Å². The van der Waals surface area contributed by atoms with Crippen molar-refractivity contribution in [2.24, 2.45) is 0 Å². The van der Waals surface area contributed by atoms with Crippen LogP contribution in [0.5, 0.6) is 0 Å². The van der Waals surface area contributed by atoms with E-state index in [1.165, 1.54) is 12.8 Å². The maximum atomic E-state index is 5.12. The molecular weight excluding hydrogens is 200 g/mol. The lowest BCUT2D eigenvalue weighted by molar-refractivity contribution is 0.129. The van der Waals surface area contributed by atoms with Gasteiger partial charge in [0.05, 0.1) is 6.61 Å². The molecule has 0 heterocycles. The fraction of sp³-hybridized carbons (Fsp3) is 0.846. The molecule has 0 aliphatic rings. The number of hydrogen-bond acceptors (Lipinski definition) is 3. The van der Waals surface area contributed by atoms with Crippen molar-refractivity contribution in [2.75, 3.05) is 39.9 Å². The van der Waals surface area contributed by atoms with Gasteiger partial charge in [-0.05, 0) is 32.9 Å². The molecule has 0 saturated carbocycles.